The molecule has 0 spiro atoms. The first-order valence-electron chi connectivity index (χ1n) is 10.8. The lowest BCUT2D eigenvalue weighted by Gasteiger charge is -2.46. The quantitative estimate of drug-likeness (QED) is 0.434. The molecule has 0 aliphatic carbocycles. The second-order valence-corrected chi connectivity index (χ2v) is 9.51. The third-order valence-electron chi connectivity index (χ3n) is 5.46. The van der Waals surface area contributed by atoms with Crippen LogP contribution in [0, 0.1) is 0 Å². The van der Waals surface area contributed by atoms with Crippen molar-refractivity contribution >= 4 is 12.3 Å². The molecule has 3 heterocycles. The van der Waals surface area contributed by atoms with E-state index >= 15 is 0 Å². The maximum Gasteiger partial charge on any atom is 0.290 e. The van der Waals surface area contributed by atoms with Gasteiger partial charge in [0.15, 0.2) is 0 Å². The molecule has 1 aliphatic heterocycles. The highest BCUT2D eigenvalue weighted by Crippen LogP contribution is 2.33. The van der Waals surface area contributed by atoms with Crippen LogP contribution in [-0.4, -0.2) is 48.8 Å². The van der Waals surface area contributed by atoms with Gasteiger partial charge in [-0.3, -0.25) is 14.8 Å². The number of hydrogen-bond acceptors (Lipinski definition) is 7. The van der Waals surface area contributed by atoms with E-state index in [1.165, 1.54) is 0 Å². The second-order valence-electron chi connectivity index (χ2n) is 9.51. The summed E-state index contributed by atoms with van der Waals surface area (Å²) in [5.74, 6) is 0.928. The Hall–Kier alpha value is -3.52. The second kappa shape index (κ2) is 9.95. The number of hydrogen-bond donors (Lipinski definition) is 4. The molecule has 0 radical (unpaired) electrons. The summed E-state index contributed by atoms with van der Waals surface area (Å²) in [6, 6.07) is 9.72. The number of aromatic nitrogens is 3. The van der Waals surface area contributed by atoms with E-state index in [0.29, 0.717) is 17.3 Å². The average molecular weight is 450 g/mol. The lowest BCUT2D eigenvalue weighted by atomic mass is 9.79. The van der Waals surface area contributed by atoms with Crippen LogP contribution in [0.2, 0.25) is 0 Å². The van der Waals surface area contributed by atoms with Crippen molar-refractivity contribution in [2.45, 2.75) is 57.7 Å². The van der Waals surface area contributed by atoms with Crippen LogP contribution in [0.3, 0.4) is 0 Å². The molecular weight excluding hydrogens is 418 g/mol. The first-order valence-corrected chi connectivity index (χ1v) is 10.8. The molecule has 0 amide bonds. The van der Waals surface area contributed by atoms with Crippen molar-refractivity contribution in [1.29, 1.82) is 0 Å². The molecule has 4 N–H and O–H groups in total. The Balaban J connectivity index is 0.000000968. The zero-order valence-corrected chi connectivity index (χ0v) is 19.4. The van der Waals surface area contributed by atoms with E-state index < -0.39 is 0 Å². The third-order valence-corrected chi connectivity index (χ3v) is 5.46. The maximum atomic E-state index is 10.5. The zero-order chi connectivity index (χ0) is 24.1. The Bertz CT molecular complexity index is 1050. The normalized spacial score (nSPS) is 16.8. The molecule has 0 atom stereocenters. The molecule has 8 heteroatoms. The van der Waals surface area contributed by atoms with E-state index in [-0.39, 0.29) is 23.3 Å². The number of aromatic hydroxyl groups is 1. The van der Waals surface area contributed by atoms with E-state index in [0.717, 1.165) is 29.8 Å². The standard InChI is InChI=1S/C24H29N5O.CH2O2/c1-23(2)11-18(12-24(3,4)29-23)28-22-15-26-20(14-27-22)19-8-7-16(10-21(19)30)17-6-5-9-25-13-17;2-1-3/h5-10,13-15,18,29-30H,11-12H2,1-4H3,(H,27,28);1H,(H,2,3). The lowest BCUT2D eigenvalue weighted by Crippen LogP contribution is -2.60. The minimum Gasteiger partial charge on any atom is -0.507 e. The molecule has 4 rings (SSSR count). The van der Waals surface area contributed by atoms with Gasteiger partial charge in [0, 0.05) is 40.6 Å². The van der Waals surface area contributed by atoms with Gasteiger partial charge in [0.25, 0.3) is 6.47 Å². The molecule has 33 heavy (non-hydrogen) atoms. The molecule has 3 aromatic rings. The van der Waals surface area contributed by atoms with Crippen molar-refractivity contribution in [3.63, 3.8) is 0 Å². The molecule has 0 saturated carbocycles. The summed E-state index contributed by atoms with van der Waals surface area (Å²) in [6.07, 6.45) is 8.98. The van der Waals surface area contributed by atoms with Crippen molar-refractivity contribution in [1.82, 2.24) is 20.3 Å². The van der Waals surface area contributed by atoms with Crippen LogP contribution in [0.25, 0.3) is 22.4 Å². The van der Waals surface area contributed by atoms with E-state index in [1.807, 2.05) is 24.3 Å². The van der Waals surface area contributed by atoms with Crippen LogP contribution in [0.5, 0.6) is 5.75 Å². The number of rotatable bonds is 4. The minimum atomic E-state index is -0.250. The van der Waals surface area contributed by atoms with Gasteiger partial charge < -0.3 is 20.8 Å². The highest BCUT2D eigenvalue weighted by molar-refractivity contribution is 5.73. The third kappa shape index (κ3) is 6.49. The Morgan fingerprint density at radius 2 is 1.73 bits per heavy atom. The monoisotopic (exact) mass is 449 g/mol. The van der Waals surface area contributed by atoms with E-state index in [9.17, 15) is 5.11 Å². The highest BCUT2D eigenvalue weighted by atomic mass is 16.3. The first kappa shape index (κ1) is 24.1. The summed E-state index contributed by atoms with van der Waals surface area (Å²) < 4.78 is 0. The van der Waals surface area contributed by atoms with Crippen molar-refractivity contribution in [3.05, 3.63) is 55.1 Å². The Kier molecular flexibility index (Phi) is 7.28. The van der Waals surface area contributed by atoms with Crippen molar-refractivity contribution in [2.75, 3.05) is 5.32 Å². The van der Waals surface area contributed by atoms with E-state index in [1.54, 1.807) is 30.9 Å². The van der Waals surface area contributed by atoms with Gasteiger partial charge in [-0.2, -0.15) is 0 Å². The van der Waals surface area contributed by atoms with Gasteiger partial charge in [0.05, 0.1) is 18.1 Å². The minimum absolute atomic E-state index is 0.0641. The van der Waals surface area contributed by atoms with Gasteiger partial charge in [-0.25, -0.2) is 4.98 Å². The fourth-order valence-corrected chi connectivity index (χ4v) is 4.64. The summed E-state index contributed by atoms with van der Waals surface area (Å²) in [6.45, 7) is 8.68. The van der Waals surface area contributed by atoms with E-state index in [4.69, 9.17) is 9.90 Å². The number of nitrogens with one attached hydrogen (secondary N) is 2. The molecule has 8 nitrogen and oxygen atoms in total. The molecule has 2 aromatic heterocycles. The number of pyridine rings is 1. The molecule has 1 fully saturated rings. The zero-order valence-electron chi connectivity index (χ0n) is 19.4. The topological polar surface area (TPSA) is 120 Å². The summed E-state index contributed by atoms with van der Waals surface area (Å²) in [5.41, 5.74) is 3.29. The molecule has 0 bridgehead atoms. The predicted octanol–water partition coefficient (Wildman–Crippen LogP) is 4.33. The largest absolute Gasteiger partial charge is 0.507 e. The Morgan fingerprint density at radius 1 is 1.03 bits per heavy atom. The summed E-state index contributed by atoms with van der Waals surface area (Å²) in [4.78, 5) is 21.6. The number of anilines is 1. The van der Waals surface area contributed by atoms with Gasteiger partial charge in [0.2, 0.25) is 0 Å². The van der Waals surface area contributed by atoms with Gasteiger partial charge in [0.1, 0.15) is 11.6 Å². The highest BCUT2D eigenvalue weighted by Gasteiger charge is 2.37. The average Bonchev–Trinajstić information content (AvgIpc) is 2.73. The number of carboxylic acid groups (broad SMARTS) is 1. The Labute approximate surface area is 194 Å². The van der Waals surface area contributed by atoms with E-state index in [2.05, 4.69) is 53.3 Å². The molecular formula is C25H31N5O3. The van der Waals surface area contributed by atoms with Gasteiger partial charge in [-0.1, -0.05) is 12.1 Å². The molecule has 0 unspecified atom stereocenters. The molecule has 1 aliphatic rings. The number of nitrogens with zero attached hydrogens (tertiary/aromatic N) is 3. The van der Waals surface area contributed by atoms with Crippen LogP contribution in [0.4, 0.5) is 5.82 Å². The maximum absolute atomic E-state index is 10.5. The summed E-state index contributed by atoms with van der Waals surface area (Å²) >= 11 is 0. The van der Waals surface area contributed by atoms with Crippen molar-refractivity contribution < 1.29 is 15.0 Å². The summed E-state index contributed by atoms with van der Waals surface area (Å²) in [5, 5.41) is 24.7. The number of phenolic OH excluding ortho intramolecular Hbond substituents is 1. The van der Waals surface area contributed by atoms with Crippen LogP contribution in [0.15, 0.2) is 55.1 Å². The summed E-state index contributed by atoms with van der Waals surface area (Å²) in [7, 11) is 0. The first-order chi connectivity index (χ1) is 15.6. The fraction of sp³-hybridized carbons (Fsp3) is 0.360. The predicted molar refractivity (Wildman–Crippen MR) is 129 cm³/mol. The van der Waals surface area contributed by atoms with Crippen molar-refractivity contribution in [3.8, 4) is 28.1 Å². The van der Waals surface area contributed by atoms with Gasteiger partial charge in [-0.15, -0.1) is 0 Å². The molecule has 1 saturated heterocycles. The number of piperidine rings is 1. The van der Waals surface area contributed by atoms with Crippen LogP contribution in [0.1, 0.15) is 40.5 Å². The SMILES string of the molecule is CC1(C)CC(Nc2cnc(-c3ccc(-c4cccnc4)cc3O)cn2)CC(C)(C)N1.O=CO. The number of carbonyl (C=O) groups is 1. The van der Waals surface area contributed by atoms with Crippen LogP contribution < -0.4 is 10.6 Å². The Morgan fingerprint density at radius 3 is 2.27 bits per heavy atom. The van der Waals surface area contributed by atoms with Gasteiger partial charge >= 0.3 is 0 Å². The lowest BCUT2D eigenvalue weighted by molar-refractivity contribution is -0.122. The smallest absolute Gasteiger partial charge is 0.290 e. The van der Waals surface area contributed by atoms with Crippen LogP contribution in [-0.2, 0) is 4.79 Å². The number of benzene rings is 1. The molecule has 174 valence electrons. The number of phenols is 1. The van der Waals surface area contributed by atoms with Gasteiger partial charge in [-0.05, 0) is 64.3 Å². The van der Waals surface area contributed by atoms with Crippen LogP contribution >= 0.6 is 0 Å². The van der Waals surface area contributed by atoms with Crippen molar-refractivity contribution in [2.24, 2.45) is 0 Å². The fourth-order valence-electron chi connectivity index (χ4n) is 4.64. The molecule has 1 aromatic carbocycles.